The molecule has 0 aromatic carbocycles. The van der Waals surface area contributed by atoms with Gasteiger partial charge in [0.15, 0.2) is 0 Å². The van der Waals surface area contributed by atoms with Crippen molar-refractivity contribution in [3.05, 3.63) is 30.1 Å². The summed E-state index contributed by atoms with van der Waals surface area (Å²) in [6, 6.07) is 4.25. The fourth-order valence-electron chi connectivity index (χ4n) is 1.64. The maximum Gasteiger partial charge on any atom is 0.137 e. The minimum absolute atomic E-state index is 0.117. The Morgan fingerprint density at radius 2 is 2.43 bits per heavy atom. The molecule has 3 heteroatoms. The van der Waals surface area contributed by atoms with Gasteiger partial charge in [0, 0.05) is 23.8 Å². The standard InChI is InChI=1S/C11H15N3/c1-2-3-10(12)9-6-8-4-5-13-11(8)14-7-9/h4-7,10H,2-3,12H2,1H3,(H,13,14)/t10-/m1/s1. The first-order valence-corrected chi connectivity index (χ1v) is 5.00. The summed E-state index contributed by atoms with van der Waals surface area (Å²) >= 11 is 0. The summed E-state index contributed by atoms with van der Waals surface area (Å²) in [4.78, 5) is 7.37. The quantitative estimate of drug-likeness (QED) is 0.778. The van der Waals surface area contributed by atoms with Crippen molar-refractivity contribution in [1.29, 1.82) is 0 Å². The van der Waals surface area contributed by atoms with Gasteiger partial charge in [0.05, 0.1) is 0 Å². The molecular formula is C11H15N3. The van der Waals surface area contributed by atoms with Gasteiger partial charge in [-0.15, -0.1) is 0 Å². The molecule has 0 aliphatic rings. The second-order valence-corrected chi connectivity index (χ2v) is 3.58. The van der Waals surface area contributed by atoms with Gasteiger partial charge in [0.25, 0.3) is 0 Å². The Balaban J connectivity index is 2.33. The zero-order valence-electron chi connectivity index (χ0n) is 8.33. The van der Waals surface area contributed by atoms with Crippen LogP contribution in [0.25, 0.3) is 11.0 Å². The molecule has 0 saturated heterocycles. The van der Waals surface area contributed by atoms with Crippen LogP contribution >= 0.6 is 0 Å². The third-order valence-corrected chi connectivity index (χ3v) is 2.45. The molecule has 2 rings (SSSR count). The second-order valence-electron chi connectivity index (χ2n) is 3.58. The average Bonchev–Trinajstić information content (AvgIpc) is 2.64. The highest BCUT2D eigenvalue weighted by Gasteiger charge is 2.06. The van der Waals surface area contributed by atoms with Gasteiger partial charge >= 0.3 is 0 Å². The maximum absolute atomic E-state index is 6.02. The van der Waals surface area contributed by atoms with Crippen molar-refractivity contribution >= 4 is 11.0 Å². The smallest absolute Gasteiger partial charge is 0.137 e. The van der Waals surface area contributed by atoms with Gasteiger partial charge < -0.3 is 10.7 Å². The molecule has 0 aliphatic carbocycles. The highest BCUT2D eigenvalue weighted by atomic mass is 14.8. The lowest BCUT2D eigenvalue weighted by Gasteiger charge is -2.09. The zero-order chi connectivity index (χ0) is 9.97. The number of fused-ring (bicyclic) bond motifs is 1. The first-order chi connectivity index (χ1) is 6.81. The van der Waals surface area contributed by atoms with Crippen molar-refractivity contribution in [2.24, 2.45) is 5.73 Å². The van der Waals surface area contributed by atoms with Crippen LogP contribution in [0.3, 0.4) is 0 Å². The molecule has 0 radical (unpaired) electrons. The summed E-state index contributed by atoms with van der Waals surface area (Å²) < 4.78 is 0. The number of nitrogens with two attached hydrogens (primary N) is 1. The van der Waals surface area contributed by atoms with Gasteiger partial charge in [-0.3, -0.25) is 0 Å². The van der Waals surface area contributed by atoms with Crippen molar-refractivity contribution < 1.29 is 0 Å². The van der Waals surface area contributed by atoms with E-state index in [9.17, 15) is 0 Å². The Morgan fingerprint density at radius 3 is 3.21 bits per heavy atom. The van der Waals surface area contributed by atoms with Crippen LogP contribution in [-0.4, -0.2) is 9.97 Å². The molecule has 3 N–H and O–H groups in total. The highest BCUT2D eigenvalue weighted by molar-refractivity contribution is 5.75. The molecule has 2 heterocycles. The molecule has 0 amide bonds. The minimum Gasteiger partial charge on any atom is -0.346 e. The van der Waals surface area contributed by atoms with Gasteiger partial charge in [-0.1, -0.05) is 13.3 Å². The second kappa shape index (κ2) is 3.80. The molecule has 0 unspecified atom stereocenters. The Bertz CT molecular complexity index is 419. The average molecular weight is 189 g/mol. The lowest BCUT2D eigenvalue weighted by atomic mass is 10.0. The fraction of sp³-hybridized carbons (Fsp3) is 0.364. The van der Waals surface area contributed by atoms with Crippen molar-refractivity contribution in [1.82, 2.24) is 9.97 Å². The normalized spacial score (nSPS) is 13.3. The minimum atomic E-state index is 0.117. The molecule has 0 bridgehead atoms. The van der Waals surface area contributed by atoms with Crippen molar-refractivity contribution in [3.8, 4) is 0 Å². The van der Waals surface area contributed by atoms with Crippen molar-refractivity contribution in [2.45, 2.75) is 25.8 Å². The van der Waals surface area contributed by atoms with Crippen LogP contribution < -0.4 is 5.73 Å². The van der Waals surface area contributed by atoms with E-state index >= 15 is 0 Å². The van der Waals surface area contributed by atoms with Crippen LogP contribution in [0, 0.1) is 0 Å². The summed E-state index contributed by atoms with van der Waals surface area (Å²) in [5.74, 6) is 0. The van der Waals surface area contributed by atoms with Gasteiger partial charge in [-0.05, 0) is 24.1 Å². The van der Waals surface area contributed by atoms with Crippen LogP contribution in [0.5, 0.6) is 0 Å². The third kappa shape index (κ3) is 1.63. The van der Waals surface area contributed by atoms with Crippen LogP contribution in [0.15, 0.2) is 24.5 Å². The van der Waals surface area contributed by atoms with E-state index in [-0.39, 0.29) is 6.04 Å². The summed E-state index contributed by atoms with van der Waals surface area (Å²) in [6.07, 6.45) is 5.87. The van der Waals surface area contributed by atoms with E-state index in [2.05, 4.69) is 23.0 Å². The number of aromatic nitrogens is 2. The third-order valence-electron chi connectivity index (χ3n) is 2.45. The number of nitrogens with zero attached hydrogens (tertiary/aromatic N) is 1. The lowest BCUT2D eigenvalue weighted by molar-refractivity contribution is 0.637. The lowest BCUT2D eigenvalue weighted by Crippen LogP contribution is -2.09. The van der Waals surface area contributed by atoms with Crippen LogP contribution in [-0.2, 0) is 0 Å². The Labute approximate surface area is 83.3 Å². The van der Waals surface area contributed by atoms with E-state index < -0.39 is 0 Å². The van der Waals surface area contributed by atoms with Crippen LogP contribution in [0.2, 0.25) is 0 Å². The molecule has 2 aromatic rings. The molecule has 3 nitrogen and oxygen atoms in total. The first-order valence-electron chi connectivity index (χ1n) is 5.00. The molecule has 14 heavy (non-hydrogen) atoms. The van der Waals surface area contributed by atoms with Crippen molar-refractivity contribution in [3.63, 3.8) is 0 Å². The van der Waals surface area contributed by atoms with E-state index in [0.29, 0.717) is 0 Å². The summed E-state index contributed by atoms with van der Waals surface area (Å²) in [7, 11) is 0. The summed E-state index contributed by atoms with van der Waals surface area (Å²) in [6.45, 7) is 2.14. The molecule has 1 atom stereocenters. The number of hydrogen-bond donors (Lipinski definition) is 2. The SMILES string of the molecule is CCC[C@@H](N)c1cnc2[nH]ccc2c1. The summed E-state index contributed by atoms with van der Waals surface area (Å²) in [5.41, 5.74) is 8.07. The monoisotopic (exact) mass is 189 g/mol. The zero-order valence-corrected chi connectivity index (χ0v) is 8.33. The van der Waals surface area contributed by atoms with E-state index in [1.54, 1.807) is 0 Å². The molecule has 0 saturated carbocycles. The molecule has 0 aliphatic heterocycles. The number of hydrogen-bond acceptors (Lipinski definition) is 2. The van der Waals surface area contributed by atoms with E-state index in [1.807, 2.05) is 18.5 Å². The van der Waals surface area contributed by atoms with Crippen LogP contribution in [0.1, 0.15) is 31.4 Å². The number of pyridine rings is 1. The van der Waals surface area contributed by atoms with E-state index in [4.69, 9.17) is 5.73 Å². The number of H-pyrrole nitrogens is 1. The largest absolute Gasteiger partial charge is 0.346 e. The van der Waals surface area contributed by atoms with Gasteiger partial charge in [0.2, 0.25) is 0 Å². The maximum atomic E-state index is 6.02. The Hall–Kier alpha value is -1.35. The fourth-order valence-corrected chi connectivity index (χ4v) is 1.64. The van der Waals surface area contributed by atoms with E-state index in [0.717, 1.165) is 29.4 Å². The predicted octanol–water partition coefficient (Wildman–Crippen LogP) is 2.36. The number of aromatic amines is 1. The molecule has 2 aromatic heterocycles. The molecular weight excluding hydrogens is 174 g/mol. The Kier molecular flexibility index (Phi) is 2.50. The Morgan fingerprint density at radius 1 is 1.57 bits per heavy atom. The van der Waals surface area contributed by atoms with Gasteiger partial charge in [0.1, 0.15) is 5.65 Å². The summed E-state index contributed by atoms with van der Waals surface area (Å²) in [5, 5.41) is 1.13. The molecule has 0 spiro atoms. The topological polar surface area (TPSA) is 54.7 Å². The van der Waals surface area contributed by atoms with E-state index in [1.165, 1.54) is 0 Å². The van der Waals surface area contributed by atoms with Crippen LogP contribution in [0.4, 0.5) is 0 Å². The van der Waals surface area contributed by atoms with Gasteiger partial charge in [-0.2, -0.15) is 0 Å². The molecule has 74 valence electrons. The highest BCUT2D eigenvalue weighted by Crippen LogP contribution is 2.18. The molecule has 0 fully saturated rings. The number of nitrogens with one attached hydrogen (secondary N) is 1. The van der Waals surface area contributed by atoms with Gasteiger partial charge in [-0.25, -0.2) is 4.98 Å². The van der Waals surface area contributed by atoms with Crippen molar-refractivity contribution in [2.75, 3.05) is 0 Å². The first kappa shape index (κ1) is 9.21. The number of rotatable bonds is 3. The predicted molar refractivity (Wildman–Crippen MR) is 57.9 cm³/mol.